The van der Waals surface area contributed by atoms with Gasteiger partial charge in [0.2, 0.25) is 0 Å². The Labute approximate surface area is 163 Å². The number of hydrogen-bond acceptors (Lipinski definition) is 5. The van der Waals surface area contributed by atoms with Crippen molar-refractivity contribution in [1.82, 2.24) is 19.5 Å². The molecular formula is C22H23N5O. The van der Waals surface area contributed by atoms with Crippen LogP contribution in [0.25, 0.3) is 11.1 Å². The van der Waals surface area contributed by atoms with Crippen LogP contribution in [0.3, 0.4) is 0 Å². The molecule has 1 aromatic carbocycles. The lowest BCUT2D eigenvalue weighted by Gasteiger charge is -2.30. The number of oxazole rings is 1. The van der Waals surface area contributed by atoms with E-state index in [9.17, 15) is 0 Å². The van der Waals surface area contributed by atoms with E-state index in [1.165, 1.54) is 11.1 Å². The molecule has 0 saturated carbocycles. The number of imidazole rings is 1. The maximum Gasteiger partial charge on any atom is 0.298 e. The molecule has 6 heteroatoms. The number of anilines is 1. The summed E-state index contributed by atoms with van der Waals surface area (Å²) < 4.78 is 8.23. The van der Waals surface area contributed by atoms with Crippen LogP contribution in [0.5, 0.6) is 0 Å². The van der Waals surface area contributed by atoms with E-state index in [2.05, 4.69) is 55.7 Å². The Morgan fingerprint density at radius 3 is 2.86 bits per heavy atom. The molecule has 1 fully saturated rings. The first-order valence-corrected chi connectivity index (χ1v) is 9.78. The molecule has 0 N–H and O–H groups in total. The van der Waals surface area contributed by atoms with Gasteiger partial charge in [0.15, 0.2) is 5.58 Å². The van der Waals surface area contributed by atoms with Gasteiger partial charge < -0.3 is 13.9 Å². The topological polar surface area (TPSA) is 60.0 Å². The minimum atomic E-state index is 0.453. The predicted molar refractivity (Wildman–Crippen MR) is 109 cm³/mol. The normalized spacial score (nSPS) is 15.4. The number of hydrogen-bond donors (Lipinski definition) is 0. The van der Waals surface area contributed by atoms with Crippen LogP contribution < -0.4 is 4.90 Å². The average molecular weight is 373 g/mol. The van der Waals surface area contributed by atoms with Gasteiger partial charge in [-0.3, -0.25) is 4.98 Å². The zero-order valence-corrected chi connectivity index (χ0v) is 16.0. The standard InChI is InChI=1S/C22H23N5O/c1-16-4-5-20-19(13-16)25-22(28-20)26-10-6-18(7-11-26)21-24-9-12-27(21)15-17-3-2-8-23-14-17/h2-5,8-9,12-14,18H,6-7,10-11,15H2,1H3. The van der Waals surface area contributed by atoms with Crippen LogP contribution in [0, 0.1) is 6.92 Å². The fourth-order valence-electron chi connectivity index (χ4n) is 3.99. The van der Waals surface area contributed by atoms with Crippen molar-refractivity contribution in [2.45, 2.75) is 32.2 Å². The summed E-state index contributed by atoms with van der Waals surface area (Å²) in [5, 5.41) is 0. The molecule has 0 radical (unpaired) electrons. The zero-order chi connectivity index (χ0) is 18.9. The Bertz CT molecular complexity index is 1080. The van der Waals surface area contributed by atoms with Gasteiger partial charge in [-0.25, -0.2) is 4.98 Å². The van der Waals surface area contributed by atoms with E-state index in [1.807, 2.05) is 24.5 Å². The molecule has 6 nitrogen and oxygen atoms in total. The van der Waals surface area contributed by atoms with E-state index in [-0.39, 0.29) is 0 Å². The highest BCUT2D eigenvalue weighted by Crippen LogP contribution is 2.31. The van der Waals surface area contributed by atoms with Gasteiger partial charge in [-0.15, -0.1) is 0 Å². The molecule has 0 bridgehead atoms. The second kappa shape index (κ2) is 7.11. The maximum absolute atomic E-state index is 5.98. The van der Waals surface area contributed by atoms with Gasteiger partial charge in [0, 0.05) is 43.8 Å². The van der Waals surface area contributed by atoms with Gasteiger partial charge in [0.05, 0.1) is 6.54 Å². The van der Waals surface area contributed by atoms with E-state index >= 15 is 0 Å². The van der Waals surface area contributed by atoms with Crippen molar-refractivity contribution in [3.8, 4) is 0 Å². The third kappa shape index (κ3) is 3.26. The lowest BCUT2D eigenvalue weighted by atomic mass is 9.96. The molecule has 4 aromatic rings. The van der Waals surface area contributed by atoms with Crippen molar-refractivity contribution in [3.05, 3.63) is 72.1 Å². The molecule has 0 aliphatic carbocycles. The third-order valence-corrected chi connectivity index (χ3v) is 5.49. The van der Waals surface area contributed by atoms with Crippen molar-refractivity contribution in [3.63, 3.8) is 0 Å². The van der Waals surface area contributed by atoms with Gasteiger partial charge >= 0.3 is 0 Å². The quantitative estimate of drug-likeness (QED) is 0.538. The highest BCUT2D eigenvalue weighted by atomic mass is 16.4. The summed E-state index contributed by atoms with van der Waals surface area (Å²) in [6.45, 7) is 4.74. The minimum Gasteiger partial charge on any atom is -0.423 e. The van der Waals surface area contributed by atoms with Gasteiger partial charge in [0.1, 0.15) is 11.3 Å². The largest absolute Gasteiger partial charge is 0.423 e. The highest BCUT2D eigenvalue weighted by Gasteiger charge is 2.26. The van der Waals surface area contributed by atoms with Crippen molar-refractivity contribution < 1.29 is 4.42 Å². The number of pyridine rings is 1. The van der Waals surface area contributed by atoms with Crippen LogP contribution in [-0.2, 0) is 6.54 Å². The predicted octanol–water partition coefficient (Wildman–Crippen LogP) is 4.16. The number of aryl methyl sites for hydroxylation is 1. The Morgan fingerprint density at radius 1 is 1.14 bits per heavy atom. The Balaban J connectivity index is 1.29. The fraction of sp³-hybridized carbons (Fsp3) is 0.318. The molecule has 1 aliphatic heterocycles. The molecule has 0 spiro atoms. The lowest BCUT2D eigenvalue weighted by molar-refractivity contribution is 0.445. The summed E-state index contributed by atoms with van der Waals surface area (Å²) in [5.74, 6) is 1.62. The third-order valence-electron chi connectivity index (χ3n) is 5.49. The first-order valence-electron chi connectivity index (χ1n) is 9.78. The molecule has 0 atom stereocenters. The first-order chi connectivity index (χ1) is 13.8. The van der Waals surface area contributed by atoms with Crippen LogP contribution >= 0.6 is 0 Å². The first kappa shape index (κ1) is 17.0. The van der Waals surface area contributed by atoms with Crippen LogP contribution in [0.2, 0.25) is 0 Å². The molecule has 3 aromatic heterocycles. The van der Waals surface area contributed by atoms with Gasteiger partial charge in [-0.05, 0) is 49.1 Å². The van der Waals surface area contributed by atoms with Gasteiger partial charge in [-0.2, -0.15) is 4.98 Å². The molecule has 28 heavy (non-hydrogen) atoms. The number of aromatic nitrogens is 4. The van der Waals surface area contributed by atoms with Gasteiger partial charge in [0.25, 0.3) is 6.01 Å². The molecule has 142 valence electrons. The van der Waals surface area contributed by atoms with Crippen LogP contribution in [0.15, 0.2) is 59.5 Å². The van der Waals surface area contributed by atoms with Crippen molar-refractivity contribution >= 4 is 17.1 Å². The number of piperidine rings is 1. The van der Waals surface area contributed by atoms with Crippen LogP contribution in [0.1, 0.15) is 35.7 Å². The molecule has 5 rings (SSSR count). The number of nitrogens with zero attached hydrogens (tertiary/aromatic N) is 5. The molecule has 0 unspecified atom stereocenters. The molecule has 4 heterocycles. The second-order valence-electron chi connectivity index (χ2n) is 7.50. The SMILES string of the molecule is Cc1ccc2oc(N3CCC(c4nccn4Cc4cccnc4)CC3)nc2c1. The maximum atomic E-state index is 5.98. The van der Waals surface area contributed by atoms with Crippen molar-refractivity contribution in [2.24, 2.45) is 0 Å². The molecular weight excluding hydrogens is 350 g/mol. The number of benzene rings is 1. The van der Waals surface area contributed by atoms with Crippen LogP contribution in [-0.4, -0.2) is 32.6 Å². The average Bonchev–Trinajstić information content (AvgIpc) is 3.35. The number of fused-ring (bicyclic) bond motifs is 1. The summed E-state index contributed by atoms with van der Waals surface area (Å²) >= 11 is 0. The molecule has 0 amide bonds. The van der Waals surface area contributed by atoms with E-state index in [0.29, 0.717) is 5.92 Å². The zero-order valence-electron chi connectivity index (χ0n) is 16.0. The van der Waals surface area contributed by atoms with E-state index in [0.717, 1.165) is 55.4 Å². The van der Waals surface area contributed by atoms with Gasteiger partial charge in [-0.1, -0.05) is 12.1 Å². The fourth-order valence-corrected chi connectivity index (χ4v) is 3.99. The summed E-state index contributed by atoms with van der Waals surface area (Å²) in [4.78, 5) is 15.8. The second-order valence-corrected chi connectivity index (χ2v) is 7.50. The molecule has 1 saturated heterocycles. The smallest absolute Gasteiger partial charge is 0.298 e. The monoisotopic (exact) mass is 373 g/mol. The highest BCUT2D eigenvalue weighted by molar-refractivity contribution is 5.75. The van der Waals surface area contributed by atoms with E-state index < -0.39 is 0 Å². The summed E-state index contributed by atoms with van der Waals surface area (Å²) in [7, 11) is 0. The molecule has 1 aliphatic rings. The number of rotatable bonds is 4. The van der Waals surface area contributed by atoms with E-state index in [4.69, 9.17) is 4.42 Å². The van der Waals surface area contributed by atoms with Crippen molar-refractivity contribution in [2.75, 3.05) is 18.0 Å². The Hall–Kier alpha value is -3.15. The minimum absolute atomic E-state index is 0.453. The van der Waals surface area contributed by atoms with Crippen LogP contribution in [0.4, 0.5) is 6.01 Å². The summed E-state index contributed by atoms with van der Waals surface area (Å²) in [5.41, 5.74) is 4.19. The lowest BCUT2D eigenvalue weighted by Crippen LogP contribution is -2.33. The Kier molecular flexibility index (Phi) is 4.31. The van der Waals surface area contributed by atoms with Crippen molar-refractivity contribution in [1.29, 1.82) is 0 Å². The van der Waals surface area contributed by atoms with E-state index in [1.54, 1.807) is 6.20 Å². The summed E-state index contributed by atoms with van der Waals surface area (Å²) in [6.07, 6.45) is 9.78. The summed E-state index contributed by atoms with van der Waals surface area (Å²) in [6, 6.07) is 11.0. The Morgan fingerprint density at radius 2 is 2.04 bits per heavy atom.